The number of rotatable bonds is 4. The number of aliphatic imine (C=N–C) groups is 1. The number of hydrogen-bond acceptors (Lipinski definition) is 6. The van der Waals surface area contributed by atoms with E-state index in [4.69, 9.17) is 4.42 Å². The predicted octanol–water partition coefficient (Wildman–Crippen LogP) is 3.40. The maximum Gasteiger partial charge on any atom is 0.342 e. The van der Waals surface area contributed by atoms with E-state index in [1.165, 1.54) is 18.3 Å². The Morgan fingerprint density at radius 3 is 2.68 bits per heavy atom. The monoisotopic (exact) mass is 294 g/mol. The van der Waals surface area contributed by atoms with Gasteiger partial charge >= 0.3 is 6.01 Å². The summed E-state index contributed by atoms with van der Waals surface area (Å²) in [6.45, 7) is 0. The molecule has 7 heteroatoms. The Morgan fingerprint density at radius 2 is 1.91 bits per heavy atom. The Morgan fingerprint density at radius 1 is 1.09 bits per heavy atom. The van der Waals surface area contributed by atoms with Gasteiger partial charge in [0.05, 0.1) is 4.92 Å². The number of nitro benzene ring substituents is 1. The highest BCUT2D eigenvalue weighted by molar-refractivity contribution is 5.82. The second kappa shape index (κ2) is 5.96. The topological polar surface area (TPSA) is 94.4 Å². The lowest BCUT2D eigenvalue weighted by atomic mass is 10.2. The van der Waals surface area contributed by atoms with Crippen LogP contribution in [-0.4, -0.2) is 21.3 Å². The number of benzene rings is 2. The number of nitro groups is 1. The van der Waals surface area contributed by atoms with Crippen molar-refractivity contribution in [1.82, 2.24) is 10.2 Å². The molecule has 0 aliphatic heterocycles. The van der Waals surface area contributed by atoms with Crippen LogP contribution in [0.5, 0.6) is 0 Å². The second-order valence-electron chi connectivity index (χ2n) is 4.37. The minimum absolute atomic E-state index is 0.000506. The molecule has 0 aliphatic rings. The van der Waals surface area contributed by atoms with Crippen molar-refractivity contribution in [3.8, 4) is 11.5 Å². The standard InChI is InChI=1S/C15H10N4O3/c20-19(21)13-8-4-5-11(9-13)10-16-15-18-17-14(22-15)12-6-2-1-3-7-12/h1-10H. The van der Waals surface area contributed by atoms with E-state index in [2.05, 4.69) is 15.2 Å². The molecular weight excluding hydrogens is 284 g/mol. The highest BCUT2D eigenvalue weighted by Gasteiger charge is 2.07. The van der Waals surface area contributed by atoms with Crippen molar-refractivity contribution in [2.75, 3.05) is 0 Å². The van der Waals surface area contributed by atoms with Gasteiger partial charge in [-0.2, -0.15) is 0 Å². The van der Waals surface area contributed by atoms with Crippen LogP contribution >= 0.6 is 0 Å². The summed E-state index contributed by atoms with van der Waals surface area (Å²) >= 11 is 0. The molecule has 0 amide bonds. The van der Waals surface area contributed by atoms with Crippen LogP contribution in [0.4, 0.5) is 11.7 Å². The van der Waals surface area contributed by atoms with Gasteiger partial charge in [-0.25, -0.2) is 4.99 Å². The van der Waals surface area contributed by atoms with Crippen molar-refractivity contribution in [2.24, 2.45) is 4.99 Å². The van der Waals surface area contributed by atoms with Gasteiger partial charge in [-0.15, -0.1) is 5.10 Å². The summed E-state index contributed by atoms with van der Waals surface area (Å²) in [6, 6.07) is 15.5. The van der Waals surface area contributed by atoms with Crippen molar-refractivity contribution < 1.29 is 9.34 Å². The van der Waals surface area contributed by atoms with Gasteiger partial charge in [0, 0.05) is 23.9 Å². The Kier molecular flexibility index (Phi) is 3.69. The average Bonchev–Trinajstić information content (AvgIpc) is 3.03. The third kappa shape index (κ3) is 3.04. The molecule has 0 atom stereocenters. The molecule has 0 saturated carbocycles. The van der Waals surface area contributed by atoms with Gasteiger partial charge in [0.2, 0.25) is 5.89 Å². The Balaban J connectivity index is 1.80. The molecule has 0 unspecified atom stereocenters. The Bertz CT molecular complexity index is 828. The fourth-order valence-corrected chi connectivity index (χ4v) is 1.81. The van der Waals surface area contributed by atoms with Gasteiger partial charge in [0.1, 0.15) is 0 Å². The smallest absolute Gasteiger partial charge is 0.342 e. The van der Waals surface area contributed by atoms with E-state index in [0.29, 0.717) is 11.5 Å². The second-order valence-corrected chi connectivity index (χ2v) is 4.37. The summed E-state index contributed by atoms with van der Waals surface area (Å²) in [5.74, 6) is 0.367. The SMILES string of the molecule is O=[N+]([O-])c1cccc(C=Nc2nnc(-c3ccccc3)o2)c1. The third-order valence-corrected chi connectivity index (χ3v) is 2.84. The van der Waals surface area contributed by atoms with E-state index in [1.54, 1.807) is 12.1 Å². The fraction of sp³-hybridized carbons (Fsp3) is 0. The van der Waals surface area contributed by atoms with Crippen LogP contribution in [0.15, 0.2) is 64.0 Å². The van der Waals surface area contributed by atoms with Gasteiger partial charge in [-0.3, -0.25) is 10.1 Å². The van der Waals surface area contributed by atoms with E-state index >= 15 is 0 Å². The summed E-state index contributed by atoms with van der Waals surface area (Å²) < 4.78 is 5.42. The van der Waals surface area contributed by atoms with Crippen LogP contribution < -0.4 is 0 Å². The van der Waals surface area contributed by atoms with Gasteiger partial charge < -0.3 is 4.42 Å². The lowest BCUT2D eigenvalue weighted by molar-refractivity contribution is -0.384. The van der Waals surface area contributed by atoms with Crippen molar-refractivity contribution in [3.63, 3.8) is 0 Å². The summed E-state index contributed by atoms with van der Waals surface area (Å²) in [5, 5.41) is 18.4. The molecule has 0 spiro atoms. The number of aromatic nitrogens is 2. The van der Waals surface area contributed by atoms with Crippen LogP contribution in [-0.2, 0) is 0 Å². The van der Waals surface area contributed by atoms with Crippen LogP contribution in [0.1, 0.15) is 5.56 Å². The molecule has 22 heavy (non-hydrogen) atoms. The summed E-state index contributed by atoms with van der Waals surface area (Å²) in [7, 11) is 0. The fourth-order valence-electron chi connectivity index (χ4n) is 1.81. The van der Waals surface area contributed by atoms with Gasteiger partial charge in [-0.05, 0) is 17.7 Å². The Hall–Kier alpha value is -3.35. The van der Waals surface area contributed by atoms with E-state index in [1.807, 2.05) is 30.3 Å². The van der Waals surface area contributed by atoms with Gasteiger partial charge in [0.25, 0.3) is 5.69 Å². The minimum Gasteiger partial charge on any atom is -0.402 e. The first kappa shape index (κ1) is 13.6. The van der Waals surface area contributed by atoms with Crippen molar-refractivity contribution in [1.29, 1.82) is 0 Å². The predicted molar refractivity (Wildman–Crippen MR) is 80.1 cm³/mol. The zero-order chi connectivity index (χ0) is 15.4. The summed E-state index contributed by atoms with van der Waals surface area (Å²) in [6.07, 6.45) is 1.44. The molecule has 0 saturated heterocycles. The quantitative estimate of drug-likeness (QED) is 0.417. The first-order valence-electron chi connectivity index (χ1n) is 6.40. The third-order valence-electron chi connectivity index (χ3n) is 2.84. The lowest BCUT2D eigenvalue weighted by Crippen LogP contribution is -1.89. The first-order chi connectivity index (χ1) is 10.7. The van der Waals surface area contributed by atoms with E-state index in [-0.39, 0.29) is 11.7 Å². The van der Waals surface area contributed by atoms with E-state index < -0.39 is 4.92 Å². The molecule has 0 bridgehead atoms. The molecule has 0 N–H and O–H groups in total. The highest BCUT2D eigenvalue weighted by Crippen LogP contribution is 2.20. The van der Waals surface area contributed by atoms with Crippen molar-refractivity contribution >= 4 is 17.9 Å². The molecule has 1 heterocycles. The van der Waals surface area contributed by atoms with Gasteiger partial charge in [-0.1, -0.05) is 35.4 Å². The summed E-state index contributed by atoms with van der Waals surface area (Å²) in [4.78, 5) is 14.3. The number of non-ortho nitro benzene ring substituents is 1. The zero-order valence-electron chi connectivity index (χ0n) is 11.3. The van der Waals surface area contributed by atoms with Crippen molar-refractivity contribution in [3.05, 3.63) is 70.3 Å². The highest BCUT2D eigenvalue weighted by atomic mass is 16.6. The summed E-state index contributed by atoms with van der Waals surface area (Å²) in [5.41, 5.74) is 1.37. The molecule has 7 nitrogen and oxygen atoms in total. The largest absolute Gasteiger partial charge is 0.402 e. The molecule has 3 aromatic rings. The molecule has 3 rings (SSSR count). The molecule has 1 aromatic heterocycles. The molecule has 0 radical (unpaired) electrons. The first-order valence-corrected chi connectivity index (χ1v) is 6.40. The van der Waals surface area contributed by atoms with Crippen LogP contribution in [0.2, 0.25) is 0 Å². The average molecular weight is 294 g/mol. The number of nitrogens with zero attached hydrogens (tertiary/aromatic N) is 4. The maximum absolute atomic E-state index is 10.7. The van der Waals surface area contributed by atoms with E-state index in [9.17, 15) is 10.1 Å². The molecule has 0 aliphatic carbocycles. The normalized spacial score (nSPS) is 10.9. The van der Waals surface area contributed by atoms with Crippen molar-refractivity contribution in [2.45, 2.75) is 0 Å². The zero-order valence-corrected chi connectivity index (χ0v) is 11.3. The van der Waals surface area contributed by atoms with Crippen LogP contribution in [0.25, 0.3) is 11.5 Å². The molecule has 0 fully saturated rings. The number of hydrogen-bond donors (Lipinski definition) is 0. The lowest BCUT2D eigenvalue weighted by Gasteiger charge is -1.93. The molecule has 2 aromatic carbocycles. The minimum atomic E-state index is -0.461. The molecular formula is C15H10N4O3. The van der Waals surface area contributed by atoms with E-state index in [0.717, 1.165) is 5.56 Å². The molecule has 108 valence electrons. The van der Waals surface area contributed by atoms with Gasteiger partial charge in [0.15, 0.2) is 0 Å². The van der Waals surface area contributed by atoms with Crippen LogP contribution in [0.3, 0.4) is 0 Å². The maximum atomic E-state index is 10.7. The van der Waals surface area contributed by atoms with Crippen LogP contribution in [0, 0.1) is 10.1 Å². The Labute approximate surface area is 125 Å².